The van der Waals surface area contributed by atoms with E-state index in [1.165, 1.54) is 30.7 Å². The lowest BCUT2D eigenvalue weighted by molar-refractivity contribution is 0.600. The van der Waals surface area contributed by atoms with Crippen molar-refractivity contribution in [2.24, 2.45) is 0 Å². The van der Waals surface area contributed by atoms with Gasteiger partial charge in [0.05, 0.1) is 0 Å². The normalized spacial score (nSPS) is 10.6. The predicted molar refractivity (Wildman–Crippen MR) is 61.8 cm³/mol. The van der Waals surface area contributed by atoms with Crippen LogP contribution in [0.25, 0.3) is 0 Å². The van der Waals surface area contributed by atoms with Crippen molar-refractivity contribution in [1.82, 2.24) is 15.0 Å². The largest absolute Gasteiger partial charge is 0.267 e. The molecule has 0 fully saturated rings. The van der Waals surface area contributed by atoms with E-state index in [0.717, 1.165) is 0 Å². The number of rotatable bonds is 3. The van der Waals surface area contributed by atoms with Gasteiger partial charge in [-0.25, -0.2) is 28.1 Å². The van der Waals surface area contributed by atoms with Crippen molar-refractivity contribution in [2.75, 3.05) is 4.72 Å². The summed E-state index contributed by atoms with van der Waals surface area (Å²) in [5.74, 6) is -0.0646. The van der Waals surface area contributed by atoms with E-state index in [2.05, 4.69) is 19.7 Å². The lowest BCUT2D eigenvalue weighted by Crippen LogP contribution is -2.16. The van der Waals surface area contributed by atoms with Crippen molar-refractivity contribution < 1.29 is 8.42 Å². The molecule has 0 aliphatic carbocycles. The molecule has 0 radical (unpaired) electrons. The molecule has 0 aromatic carbocycles. The van der Waals surface area contributed by atoms with Gasteiger partial charge in [-0.15, -0.1) is 0 Å². The minimum absolute atomic E-state index is 0.0646. The van der Waals surface area contributed by atoms with Gasteiger partial charge >= 0.3 is 0 Å². The summed E-state index contributed by atoms with van der Waals surface area (Å²) in [5, 5.41) is 8.81. The van der Waals surface area contributed by atoms with Crippen LogP contribution in [-0.4, -0.2) is 23.4 Å². The van der Waals surface area contributed by atoms with Crippen molar-refractivity contribution in [3.63, 3.8) is 0 Å². The highest BCUT2D eigenvalue weighted by Gasteiger charge is 2.20. The van der Waals surface area contributed by atoms with E-state index in [-0.39, 0.29) is 16.5 Å². The van der Waals surface area contributed by atoms with E-state index in [0.29, 0.717) is 0 Å². The maximum atomic E-state index is 12.0. The molecule has 0 spiro atoms. The van der Waals surface area contributed by atoms with Crippen LogP contribution in [0, 0.1) is 11.3 Å². The van der Waals surface area contributed by atoms with Crippen LogP contribution in [0.3, 0.4) is 0 Å². The van der Waals surface area contributed by atoms with Crippen LogP contribution in [0.2, 0.25) is 0 Å². The summed E-state index contributed by atoms with van der Waals surface area (Å²) in [6.07, 6.45) is 4.15. The quantitative estimate of drug-likeness (QED) is 0.863. The van der Waals surface area contributed by atoms with Crippen LogP contribution in [0.4, 0.5) is 5.95 Å². The van der Waals surface area contributed by atoms with Gasteiger partial charge in [0.15, 0.2) is 5.69 Å². The Morgan fingerprint density at radius 2 is 1.78 bits per heavy atom. The van der Waals surface area contributed by atoms with Crippen LogP contribution in [0.5, 0.6) is 0 Å². The first-order valence-electron chi connectivity index (χ1n) is 4.78. The summed E-state index contributed by atoms with van der Waals surface area (Å²) >= 11 is 0. The van der Waals surface area contributed by atoms with Crippen LogP contribution >= 0.6 is 0 Å². The topological polar surface area (TPSA) is 109 Å². The van der Waals surface area contributed by atoms with Crippen LogP contribution < -0.4 is 4.72 Å². The Morgan fingerprint density at radius 3 is 2.44 bits per heavy atom. The summed E-state index contributed by atoms with van der Waals surface area (Å²) in [7, 11) is -3.92. The fourth-order valence-corrected chi connectivity index (χ4v) is 2.28. The molecule has 0 atom stereocenters. The molecule has 18 heavy (non-hydrogen) atoms. The van der Waals surface area contributed by atoms with Crippen LogP contribution in [-0.2, 0) is 10.0 Å². The number of pyridine rings is 1. The number of nitrogens with zero attached hydrogens (tertiary/aromatic N) is 4. The van der Waals surface area contributed by atoms with Gasteiger partial charge in [0.2, 0.25) is 5.95 Å². The van der Waals surface area contributed by atoms with Crippen molar-refractivity contribution in [3.05, 3.63) is 42.5 Å². The highest BCUT2D eigenvalue weighted by Crippen LogP contribution is 2.14. The standard InChI is InChI=1S/C10H7N5O2S/c11-7-8-9(3-1-4-12-8)18(16,17)15-10-13-5-2-6-14-10/h1-6H,(H,13,14,15). The molecule has 7 nitrogen and oxygen atoms in total. The first kappa shape index (κ1) is 11.9. The number of hydrogen-bond donors (Lipinski definition) is 1. The first-order valence-corrected chi connectivity index (χ1v) is 6.27. The summed E-state index contributed by atoms with van der Waals surface area (Å²) in [6.45, 7) is 0. The predicted octanol–water partition coefficient (Wildman–Crippen LogP) is 0.544. The van der Waals surface area contributed by atoms with Crippen LogP contribution in [0.15, 0.2) is 41.7 Å². The second kappa shape index (κ2) is 4.77. The molecule has 2 aromatic heterocycles. The minimum atomic E-state index is -3.92. The van der Waals surface area contributed by atoms with Crippen molar-refractivity contribution in [2.45, 2.75) is 4.90 Å². The summed E-state index contributed by atoms with van der Waals surface area (Å²) in [5.41, 5.74) is -0.180. The van der Waals surface area contributed by atoms with E-state index in [1.54, 1.807) is 12.1 Å². The average Bonchev–Trinajstić information content (AvgIpc) is 2.39. The maximum Gasteiger partial charge on any atom is 0.267 e. The summed E-state index contributed by atoms with van der Waals surface area (Å²) in [6, 6.07) is 5.99. The van der Waals surface area contributed by atoms with Gasteiger partial charge in [-0.2, -0.15) is 5.26 Å². The van der Waals surface area contributed by atoms with Crippen molar-refractivity contribution in [3.8, 4) is 6.07 Å². The van der Waals surface area contributed by atoms with E-state index < -0.39 is 10.0 Å². The zero-order valence-corrected chi connectivity index (χ0v) is 9.79. The highest BCUT2D eigenvalue weighted by molar-refractivity contribution is 7.92. The number of nitriles is 1. The number of anilines is 1. The van der Waals surface area contributed by atoms with Crippen LogP contribution in [0.1, 0.15) is 5.69 Å². The van der Waals surface area contributed by atoms with Gasteiger partial charge < -0.3 is 0 Å². The zero-order valence-electron chi connectivity index (χ0n) is 8.98. The van der Waals surface area contributed by atoms with Crippen molar-refractivity contribution >= 4 is 16.0 Å². The molecule has 0 aliphatic heterocycles. The van der Waals surface area contributed by atoms with Gasteiger partial charge in [0.25, 0.3) is 10.0 Å². The molecule has 2 heterocycles. The second-order valence-corrected chi connectivity index (χ2v) is 4.79. The molecule has 90 valence electrons. The Labute approximate surface area is 103 Å². The third-order valence-corrected chi connectivity index (χ3v) is 3.32. The third-order valence-electron chi connectivity index (χ3n) is 1.96. The minimum Gasteiger partial charge on any atom is -0.247 e. The summed E-state index contributed by atoms with van der Waals surface area (Å²) < 4.78 is 26.2. The molecule has 8 heteroatoms. The molecule has 0 amide bonds. The molecular formula is C10H7N5O2S. The number of sulfonamides is 1. The Kier molecular flexibility index (Phi) is 3.16. The average molecular weight is 261 g/mol. The van der Waals surface area contributed by atoms with E-state index in [4.69, 9.17) is 5.26 Å². The fourth-order valence-electron chi connectivity index (χ4n) is 1.22. The summed E-state index contributed by atoms with van der Waals surface area (Å²) in [4.78, 5) is 11.0. The molecule has 0 bridgehead atoms. The smallest absolute Gasteiger partial charge is 0.247 e. The van der Waals surface area contributed by atoms with Gasteiger partial charge in [-0.05, 0) is 18.2 Å². The highest BCUT2D eigenvalue weighted by atomic mass is 32.2. The third kappa shape index (κ3) is 2.41. The zero-order chi connectivity index (χ0) is 13.0. The number of aromatic nitrogens is 3. The van der Waals surface area contributed by atoms with E-state index >= 15 is 0 Å². The fraction of sp³-hybridized carbons (Fsp3) is 0. The number of hydrogen-bond acceptors (Lipinski definition) is 6. The molecule has 0 aliphatic rings. The molecular weight excluding hydrogens is 254 g/mol. The van der Waals surface area contributed by atoms with Gasteiger partial charge in [-0.1, -0.05) is 0 Å². The molecule has 1 N–H and O–H groups in total. The molecule has 0 saturated heterocycles. The Hall–Kier alpha value is -2.53. The van der Waals surface area contributed by atoms with Crippen molar-refractivity contribution in [1.29, 1.82) is 5.26 Å². The molecule has 2 aromatic rings. The maximum absolute atomic E-state index is 12.0. The molecule has 0 saturated carbocycles. The second-order valence-electron chi connectivity index (χ2n) is 3.14. The van der Waals surface area contributed by atoms with Gasteiger partial charge in [0, 0.05) is 18.6 Å². The first-order chi connectivity index (χ1) is 8.63. The van der Waals surface area contributed by atoms with E-state index in [9.17, 15) is 8.42 Å². The molecule has 0 unspecified atom stereocenters. The number of nitrogens with one attached hydrogen (secondary N) is 1. The SMILES string of the molecule is N#Cc1ncccc1S(=O)(=O)Nc1ncccn1. The van der Waals surface area contributed by atoms with Gasteiger partial charge in [0.1, 0.15) is 11.0 Å². The lowest BCUT2D eigenvalue weighted by Gasteiger charge is -2.06. The lowest BCUT2D eigenvalue weighted by atomic mass is 10.4. The monoisotopic (exact) mass is 261 g/mol. The molecule has 2 rings (SSSR count). The Bertz CT molecular complexity index is 694. The Morgan fingerprint density at radius 1 is 1.11 bits per heavy atom. The van der Waals surface area contributed by atoms with Gasteiger partial charge in [-0.3, -0.25) is 0 Å². The Balaban J connectivity index is 2.41. The van der Waals surface area contributed by atoms with E-state index in [1.807, 2.05) is 0 Å².